The lowest BCUT2D eigenvalue weighted by Gasteiger charge is -2.19. The van der Waals surface area contributed by atoms with Crippen molar-refractivity contribution in [1.29, 1.82) is 0 Å². The molecule has 7 nitrogen and oxygen atoms in total. The lowest BCUT2D eigenvalue weighted by Crippen LogP contribution is -2.44. The number of carbonyl (C=O) groups is 2. The van der Waals surface area contributed by atoms with E-state index in [4.69, 9.17) is 4.42 Å². The van der Waals surface area contributed by atoms with E-state index in [1.54, 1.807) is 0 Å². The molecular weight excluding hydrogens is 328 g/mol. The Morgan fingerprint density at radius 2 is 2.08 bits per heavy atom. The number of hydrogen-bond acceptors (Lipinski definition) is 6. The maximum Gasteiger partial charge on any atom is 0.325 e. The first-order valence-corrected chi connectivity index (χ1v) is 9.07. The van der Waals surface area contributed by atoms with Crippen LogP contribution in [0.25, 0.3) is 11.2 Å². The van der Waals surface area contributed by atoms with E-state index >= 15 is 0 Å². The number of hydrogen-bond donors (Lipinski definition) is 1. The molecule has 0 radical (unpaired) electrons. The van der Waals surface area contributed by atoms with Crippen molar-refractivity contribution < 1.29 is 14.0 Å². The standard InChI is InChI=1S/C16H18N4O3S/c1-10-4-5-11-12(17-10)18-15(23-11)24-9-8-20-13(21)16(19-14(20)22)6-2-3-7-16/h4-5H,2-3,6-9H2,1H3,(H,19,22). The number of oxazole rings is 1. The molecule has 1 aliphatic carbocycles. The quantitative estimate of drug-likeness (QED) is 0.676. The molecule has 0 bridgehead atoms. The molecule has 1 saturated carbocycles. The molecular formula is C16H18N4O3S. The van der Waals surface area contributed by atoms with Crippen LogP contribution in [0.2, 0.25) is 0 Å². The Hall–Kier alpha value is -2.09. The van der Waals surface area contributed by atoms with E-state index < -0.39 is 5.54 Å². The summed E-state index contributed by atoms with van der Waals surface area (Å²) in [6, 6.07) is 3.43. The van der Waals surface area contributed by atoms with E-state index in [9.17, 15) is 9.59 Å². The van der Waals surface area contributed by atoms with Gasteiger partial charge in [0, 0.05) is 18.0 Å². The smallest absolute Gasteiger partial charge is 0.325 e. The fourth-order valence-electron chi connectivity index (χ4n) is 3.38. The third kappa shape index (κ3) is 2.54. The first-order valence-electron chi connectivity index (χ1n) is 8.08. The number of amides is 3. The highest BCUT2D eigenvalue weighted by Gasteiger charge is 2.52. The van der Waals surface area contributed by atoms with Crippen LogP contribution in [-0.4, -0.2) is 44.6 Å². The Balaban J connectivity index is 1.39. The van der Waals surface area contributed by atoms with Gasteiger partial charge in [0.05, 0.1) is 0 Å². The SMILES string of the molecule is Cc1ccc2oc(SCCN3C(=O)NC4(CCCC4)C3=O)nc2n1. The summed E-state index contributed by atoms with van der Waals surface area (Å²) in [6.07, 6.45) is 3.47. The van der Waals surface area contributed by atoms with E-state index in [0.717, 1.165) is 31.4 Å². The van der Waals surface area contributed by atoms with Gasteiger partial charge in [-0.2, -0.15) is 4.98 Å². The number of nitrogens with one attached hydrogen (secondary N) is 1. The van der Waals surface area contributed by atoms with Crippen LogP contribution < -0.4 is 5.32 Å². The number of pyridine rings is 1. The molecule has 0 unspecified atom stereocenters. The molecule has 0 aromatic carbocycles. The van der Waals surface area contributed by atoms with Crippen molar-refractivity contribution in [2.24, 2.45) is 0 Å². The Morgan fingerprint density at radius 1 is 1.29 bits per heavy atom. The number of thioether (sulfide) groups is 1. The molecule has 2 aromatic rings. The molecule has 0 atom stereocenters. The minimum atomic E-state index is -0.638. The summed E-state index contributed by atoms with van der Waals surface area (Å²) in [5.74, 6) is 0.460. The number of nitrogens with zero attached hydrogens (tertiary/aromatic N) is 3. The first kappa shape index (κ1) is 15.4. The summed E-state index contributed by atoms with van der Waals surface area (Å²) in [7, 11) is 0. The summed E-state index contributed by atoms with van der Waals surface area (Å²) >= 11 is 1.38. The first-order chi connectivity index (χ1) is 11.6. The van der Waals surface area contributed by atoms with Crippen molar-refractivity contribution >= 4 is 34.9 Å². The van der Waals surface area contributed by atoms with E-state index in [0.29, 0.717) is 28.8 Å². The topological polar surface area (TPSA) is 88.3 Å². The molecule has 3 amide bonds. The summed E-state index contributed by atoms with van der Waals surface area (Å²) in [6.45, 7) is 2.25. The third-order valence-corrected chi connectivity index (χ3v) is 5.42. The highest BCUT2D eigenvalue weighted by Crippen LogP contribution is 2.35. The van der Waals surface area contributed by atoms with Crippen LogP contribution in [0, 0.1) is 6.92 Å². The minimum absolute atomic E-state index is 0.0829. The number of rotatable bonds is 4. The molecule has 1 N–H and O–H groups in total. The second-order valence-corrected chi connectivity index (χ2v) is 7.32. The number of carbonyl (C=O) groups excluding carboxylic acids is 2. The van der Waals surface area contributed by atoms with Crippen LogP contribution >= 0.6 is 11.8 Å². The maximum absolute atomic E-state index is 12.5. The zero-order valence-corrected chi connectivity index (χ0v) is 14.2. The fourth-order valence-corrected chi connectivity index (χ4v) is 4.12. The number of aryl methyl sites for hydroxylation is 1. The van der Waals surface area contributed by atoms with Crippen molar-refractivity contribution in [3.8, 4) is 0 Å². The number of fused-ring (bicyclic) bond motifs is 1. The third-order valence-electron chi connectivity index (χ3n) is 4.62. The van der Waals surface area contributed by atoms with Gasteiger partial charge in [-0.25, -0.2) is 9.78 Å². The largest absolute Gasteiger partial charge is 0.430 e. The second-order valence-electron chi connectivity index (χ2n) is 6.28. The van der Waals surface area contributed by atoms with Crippen molar-refractivity contribution in [3.05, 3.63) is 17.8 Å². The van der Waals surface area contributed by atoms with E-state index in [2.05, 4.69) is 15.3 Å². The molecule has 1 aliphatic heterocycles. The van der Waals surface area contributed by atoms with Gasteiger partial charge in [0.1, 0.15) is 5.54 Å². The molecule has 24 heavy (non-hydrogen) atoms. The molecule has 2 fully saturated rings. The van der Waals surface area contributed by atoms with Crippen molar-refractivity contribution in [1.82, 2.24) is 20.2 Å². The molecule has 2 aromatic heterocycles. The fraction of sp³-hybridized carbons (Fsp3) is 0.500. The normalized spacial score (nSPS) is 19.6. The van der Waals surface area contributed by atoms with Gasteiger partial charge in [0.15, 0.2) is 11.2 Å². The lowest BCUT2D eigenvalue weighted by atomic mass is 9.98. The average molecular weight is 346 g/mol. The average Bonchev–Trinajstić information content (AvgIpc) is 3.22. The molecule has 8 heteroatoms. The van der Waals surface area contributed by atoms with Gasteiger partial charge in [-0.05, 0) is 31.9 Å². The van der Waals surface area contributed by atoms with Crippen LogP contribution in [0.4, 0.5) is 4.79 Å². The molecule has 126 valence electrons. The number of aromatic nitrogens is 2. The summed E-state index contributed by atoms with van der Waals surface area (Å²) in [5.41, 5.74) is 1.47. The van der Waals surface area contributed by atoms with Crippen LogP contribution in [0.1, 0.15) is 31.4 Å². The number of imide groups is 1. The van der Waals surface area contributed by atoms with Crippen LogP contribution in [0.5, 0.6) is 0 Å². The highest BCUT2D eigenvalue weighted by atomic mass is 32.2. The monoisotopic (exact) mass is 346 g/mol. The van der Waals surface area contributed by atoms with Crippen molar-refractivity contribution in [2.75, 3.05) is 12.3 Å². The summed E-state index contributed by atoms with van der Waals surface area (Å²) in [5, 5.41) is 3.39. The predicted octanol–water partition coefficient (Wildman–Crippen LogP) is 2.49. The zero-order valence-electron chi connectivity index (χ0n) is 13.4. The van der Waals surface area contributed by atoms with Gasteiger partial charge >= 0.3 is 6.03 Å². The molecule has 1 spiro atoms. The van der Waals surface area contributed by atoms with Gasteiger partial charge in [0.2, 0.25) is 0 Å². The molecule has 4 rings (SSSR count). The van der Waals surface area contributed by atoms with Gasteiger partial charge < -0.3 is 9.73 Å². The maximum atomic E-state index is 12.5. The van der Waals surface area contributed by atoms with E-state index in [1.165, 1.54) is 16.7 Å². The Kier molecular flexibility index (Phi) is 3.71. The predicted molar refractivity (Wildman–Crippen MR) is 88.7 cm³/mol. The van der Waals surface area contributed by atoms with Crippen molar-refractivity contribution in [2.45, 2.75) is 43.4 Å². The lowest BCUT2D eigenvalue weighted by molar-refractivity contribution is -0.130. The minimum Gasteiger partial charge on any atom is -0.430 e. The Bertz CT molecular complexity index is 813. The molecule has 3 heterocycles. The van der Waals surface area contributed by atoms with Gasteiger partial charge in [-0.15, -0.1) is 0 Å². The molecule has 1 saturated heterocycles. The van der Waals surface area contributed by atoms with Crippen LogP contribution in [0.3, 0.4) is 0 Å². The second kappa shape index (κ2) is 5.77. The van der Waals surface area contributed by atoms with E-state index in [-0.39, 0.29) is 11.9 Å². The highest BCUT2D eigenvalue weighted by molar-refractivity contribution is 7.99. The Morgan fingerprint density at radius 3 is 2.88 bits per heavy atom. The Labute approximate surface area is 143 Å². The van der Waals surface area contributed by atoms with Crippen LogP contribution in [0.15, 0.2) is 21.8 Å². The summed E-state index contributed by atoms with van der Waals surface area (Å²) in [4.78, 5) is 34.6. The zero-order chi connectivity index (χ0) is 16.7. The summed E-state index contributed by atoms with van der Waals surface area (Å²) < 4.78 is 5.62. The number of urea groups is 1. The van der Waals surface area contributed by atoms with Crippen molar-refractivity contribution in [3.63, 3.8) is 0 Å². The van der Waals surface area contributed by atoms with E-state index in [1.807, 2.05) is 19.1 Å². The van der Waals surface area contributed by atoms with Gasteiger partial charge in [-0.3, -0.25) is 9.69 Å². The van der Waals surface area contributed by atoms with Crippen LogP contribution in [-0.2, 0) is 4.79 Å². The van der Waals surface area contributed by atoms with Gasteiger partial charge in [0.25, 0.3) is 11.1 Å². The molecule has 2 aliphatic rings. The van der Waals surface area contributed by atoms with Gasteiger partial charge in [-0.1, -0.05) is 24.6 Å².